The third-order valence-electron chi connectivity index (χ3n) is 2.60. The van der Waals surface area contributed by atoms with E-state index in [0.717, 1.165) is 12.2 Å². The quantitative estimate of drug-likeness (QED) is 0.754. The van der Waals surface area contributed by atoms with Gasteiger partial charge >= 0.3 is 0 Å². The van der Waals surface area contributed by atoms with Crippen LogP contribution in [-0.4, -0.2) is 13.1 Å². The minimum Gasteiger partial charge on any atom is -0.469 e. The Kier molecular flexibility index (Phi) is 4.03. The van der Waals surface area contributed by atoms with Gasteiger partial charge in [-0.25, -0.2) is 0 Å². The summed E-state index contributed by atoms with van der Waals surface area (Å²) in [6, 6.07) is 4.58. The zero-order valence-corrected chi connectivity index (χ0v) is 8.71. The van der Waals surface area contributed by atoms with Crippen LogP contribution in [0.25, 0.3) is 0 Å². The topological polar surface area (TPSA) is 25.2 Å². The molecule has 1 aromatic rings. The van der Waals surface area contributed by atoms with Crippen molar-refractivity contribution in [2.24, 2.45) is 5.92 Å². The molecule has 0 aliphatic rings. The molecule has 0 spiro atoms. The van der Waals surface area contributed by atoms with E-state index in [0.29, 0.717) is 12.0 Å². The van der Waals surface area contributed by atoms with Gasteiger partial charge in [-0.1, -0.05) is 13.8 Å². The van der Waals surface area contributed by atoms with Crippen molar-refractivity contribution < 1.29 is 4.42 Å². The van der Waals surface area contributed by atoms with Gasteiger partial charge in [-0.15, -0.1) is 0 Å². The van der Waals surface area contributed by atoms with Crippen LogP contribution in [0.5, 0.6) is 0 Å². The zero-order chi connectivity index (χ0) is 9.68. The predicted molar refractivity (Wildman–Crippen MR) is 54.7 cm³/mol. The first kappa shape index (κ1) is 10.3. The van der Waals surface area contributed by atoms with Crippen LogP contribution in [0, 0.1) is 5.92 Å². The molecule has 2 unspecified atom stereocenters. The molecule has 0 saturated heterocycles. The third-order valence-corrected chi connectivity index (χ3v) is 2.60. The Labute approximate surface area is 80.3 Å². The van der Waals surface area contributed by atoms with Crippen molar-refractivity contribution in [2.75, 3.05) is 7.05 Å². The first-order valence-electron chi connectivity index (χ1n) is 4.97. The molecular formula is C11H19NO. The van der Waals surface area contributed by atoms with Crippen molar-refractivity contribution in [3.05, 3.63) is 24.2 Å². The van der Waals surface area contributed by atoms with E-state index in [4.69, 9.17) is 4.42 Å². The van der Waals surface area contributed by atoms with Crippen LogP contribution in [0.4, 0.5) is 0 Å². The maximum atomic E-state index is 5.32. The molecule has 0 fully saturated rings. The maximum absolute atomic E-state index is 5.32. The highest BCUT2D eigenvalue weighted by Gasteiger charge is 2.14. The first-order valence-corrected chi connectivity index (χ1v) is 4.97. The molecule has 0 aliphatic heterocycles. The highest BCUT2D eigenvalue weighted by atomic mass is 16.3. The van der Waals surface area contributed by atoms with E-state index in [1.54, 1.807) is 6.26 Å². The molecule has 1 heterocycles. The summed E-state index contributed by atoms with van der Waals surface area (Å²) in [5, 5.41) is 3.32. The largest absolute Gasteiger partial charge is 0.469 e. The lowest BCUT2D eigenvalue weighted by Gasteiger charge is -2.20. The minimum absolute atomic E-state index is 0.588. The summed E-state index contributed by atoms with van der Waals surface area (Å²) in [7, 11) is 2.02. The van der Waals surface area contributed by atoms with E-state index in [2.05, 4.69) is 19.2 Å². The highest BCUT2D eigenvalue weighted by Crippen LogP contribution is 2.14. The van der Waals surface area contributed by atoms with E-state index < -0.39 is 0 Å². The van der Waals surface area contributed by atoms with Gasteiger partial charge in [0.15, 0.2) is 0 Å². The molecule has 1 rings (SSSR count). The summed E-state index contributed by atoms with van der Waals surface area (Å²) in [4.78, 5) is 0. The van der Waals surface area contributed by atoms with Crippen LogP contribution in [0.1, 0.15) is 26.0 Å². The van der Waals surface area contributed by atoms with Gasteiger partial charge in [-0.3, -0.25) is 0 Å². The lowest BCUT2D eigenvalue weighted by atomic mass is 9.95. The molecule has 0 aromatic carbocycles. The molecule has 1 N–H and O–H groups in total. The van der Waals surface area contributed by atoms with Crippen LogP contribution >= 0.6 is 0 Å². The van der Waals surface area contributed by atoms with Gasteiger partial charge in [-0.05, 0) is 31.5 Å². The lowest BCUT2D eigenvalue weighted by Crippen LogP contribution is -2.32. The van der Waals surface area contributed by atoms with Crippen molar-refractivity contribution >= 4 is 0 Å². The fourth-order valence-electron chi connectivity index (χ4n) is 1.78. The smallest absolute Gasteiger partial charge is 0.104 e. The number of hydrogen-bond donors (Lipinski definition) is 1. The van der Waals surface area contributed by atoms with Crippen LogP contribution < -0.4 is 5.32 Å². The summed E-state index contributed by atoms with van der Waals surface area (Å²) in [6.45, 7) is 4.47. The zero-order valence-electron chi connectivity index (χ0n) is 8.71. The van der Waals surface area contributed by atoms with Gasteiger partial charge in [0.05, 0.1) is 6.26 Å². The first-order chi connectivity index (χ1) is 6.27. The Morgan fingerprint density at radius 3 is 2.77 bits per heavy atom. The number of furan rings is 1. The van der Waals surface area contributed by atoms with Crippen molar-refractivity contribution in [3.8, 4) is 0 Å². The minimum atomic E-state index is 0.588. The monoisotopic (exact) mass is 181 g/mol. The maximum Gasteiger partial charge on any atom is 0.104 e. The fraction of sp³-hybridized carbons (Fsp3) is 0.636. The average molecular weight is 181 g/mol. The van der Waals surface area contributed by atoms with Crippen molar-refractivity contribution in [2.45, 2.75) is 32.7 Å². The lowest BCUT2D eigenvalue weighted by molar-refractivity contribution is 0.359. The molecule has 2 nitrogen and oxygen atoms in total. The summed E-state index contributed by atoms with van der Waals surface area (Å²) in [5.74, 6) is 1.71. The molecule has 0 saturated carbocycles. The number of rotatable bonds is 5. The Hall–Kier alpha value is -0.760. The van der Waals surface area contributed by atoms with Gasteiger partial charge in [-0.2, -0.15) is 0 Å². The Balaban J connectivity index is 2.44. The molecule has 2 atom stereocenters. The van der Waals surface area contributed by atoms with Gasteiger partial charge in [0.25, 0.3) is 0 Å². The Morgan fingerprint density at radius 1 is 1.54 bits per heavy atom. The van der Waals surface area contributed by atoms with Crippen molar-refractivity contribution in [1.82, 2.24) is 5.32 Å². The van der Waals surface area contributed by atoms with E-state index in [9.17, 15) is 0 Å². The molecular weight excluding hydrogens is 162 g/mol. The van der Waals surface area contributed by atoms with Crippen LogP contribution in [0.3, 0.4) is 0 Å². The number of hydrogen-bond acceptors (Lipinski definition) is 2. The molecule has 74 valence electrons. The fourth-order valence-corrected chi connectivity index (χ4v) is 1.78. The summed E-state index contributed by atoms with van der Waals surface area (Å²) in [6.07, 6.45) is 3.92. The normalized spacial score (nSPS) is 15.6. The predicted octanol–water partition coefficient (Wildman–Crippen LogP) is 2.46. The summed E-state index contributed by atoms with van der Waals surface area (Å²) >= 11 is 0. The van der Waals surface area contributed by atoms with Crippen LogP contribution in [0.2, 0.25) is 0 Å². The van der Waals surface area contributed by atoms with Crippen molar-refractivity contribution in [3.63, 3.8) is 0 Å². The second kappa shape index (κ2) is 5.07. The number of nitrogens with one attached hydrogen (secondary N) is 1. The summed E-state index contributed by atoms with van der Waals surface area (Å²) in [5.41, 5.74) is 0. The van der Waals surface area contributed by atoms with Gasteiger partial charge in [0.1, 0.15) is 5.76 Å². The average Bonchev–Trinajstić information content (AvgIpc) is 2.59. The Morgan fingerprint density at radius 2 is 2.31 bits per heavy atom. The van der Waals surface area contributed by atoms with Gasteiger partial charge < -0.3 is 9.73 Å². The molecule has 1 aromatic heterocycles. The Bertz CT molecular complexity index is 214. The third kappa shape index (κ3) is 2.88. The van der Waals surface area contributed by atoms with E-state index in [1.165, 1.54) is 6.42 Å². The molecule has 13 heavy (non-hydrogen) atoms. The molecule has 0 amide bonds. The van der Waals surface area contributed by atoms with Gasteiger partial charge in [0, 0.05) is 12.5 Å². The van der Waals surface area contributed by atoms with E-state index in [1.807, 2.05) is 19.2 Å². The van der Waals surface area contributed by atoms with E-state index >= 15 is 0 Å². The molecule has 2 heteroatoms. The second-order valence-electron chi connectivity index (χ2n) is 3.56. The second-order valence-corrected chi connectivity index (χ2v) is 3.56. The molecule has 0 radical (unpaired) electrons. The standard InChI is InChI=1S/C11H19NO/c1-4-11(12-3)9(2)8-10-6-5-7-13-10/h5-7,9,11-12H,4,8H2,1-3H3. The van der Waals surface area contributed by atoms with E-state index in [-0.39, 0.29) is 0 Å². The van der Waals surface area contributed by atoms with Crippen molar-refractivity contribution in [1.29, 1.82) is 0 Å². The van der Waals surface area contributed by atoms with Crippen LogP contribution in [-0.2, 0) is 6.42 Å². The van der Waals surface area contributed by atoms with Crippen LogP contribution in [0.15, 0.2) is 22.8 Å². The molecule has 0 aliphatic carbocycles. The highest BCUT2D eigenvalue weighted by molar-refractivity contribution is 4.99. The SMILES string of the molecule is CCC(NC)C(C)Cc1ccco1. The molecule has 0 bridgehead atoms. The van der Waals surface area contributed by atoms with Gasteiger partial charge in [0.2, 0.25) is 0 Å². The summed E-state index contributed by atoms with van der Waals surface area (Å²) < 4.78 is 5.32.